The minimum absolute atomic E-state index is 0.0907. The average Bonchev–Trinajstić information content (AvgIpc) is 2.43. The lowest BCUT2D eigenvalue weighted by Gasteiger charge is -2.41. The summed E-state index contributed by atoms with van der Waals surface area (Å²) in [6.45, 7) is 6.55. The van der Waals surface area contributed by atoms with Gasteiger partial charge in [-0.15, -0.1) is 0 Å². The molecule has 0 spiro atoms. The molecule has 2 rings (SSSR count). The van der Waals surface area contributed by atoms with Crippen molar-refractivity contribution in [3.05, 3.63) is 34.4 Å². The number of hydrogen-bond acceptors (Lipinski definition) is 2. The third-order valence-electron chi connectivity index (χ3n) is 5.05. The molecule has 0 radical (unpaired) electrons. The molecule has 0 aliphatic heterocycles. The summed E-state index contributed by atoms with van der Waals surface area (Å²) in [7, 11) is 1.83. The lowest BCUT2D eigenvalue weighted by atomic mass is 9.76. The van der Waals surface area contributed by atoms with Crippen LogP contribution in [0.25, 0.3) is 0 Å². The maximum Gasteiger partial charge on any atom is 0.0832 e. The first-order chi connectivity index (χ1) is 9.48. The van der Waals surface area contributed by atoms with Crippen LogP contribution < -0.4 is 5.73 Å². The second-order valence-electron chi connectivity index (χ2n) is 6.52. The molecular formula is C18H29NO. The van der Waals surface area contributed by atoms with Gasteiger partial charge in [0.25, 0.3) is 0 Å². The van der Waals surface area contributed by atoms with Crippen LogP contribution in [0.1, 0.15) is 54.4 Å². The summed E-state index contributed by atoms with van der Waals surface area (Å²) < 4.78 is 5.89. The Morgan fingerprint density at radius 1 is 1.10 bits per heavy atom. The zero-order valence-electron chi connectivity index (χ0n) is 13.5. The van der Waals surface area contributed by atoms with Crippen LogP contribution in [-0.2, 0) is 11.2 Å². The Labute approximate surface area is 123 Å². The van der Waals surface area contributed by atoms with Crippen LogP contribution in [0.3, 0.4) is 0 Å². The Kier molecular flexibility index (Phi) is 4.87. The third-order valence-corrected chi connectivity index (χ3v) is 5.05. The number of rotatable bonds is 4. The fourth-order valence-electron chi connectivity index (χ4n) is 3.81. The van der Waals surface area contributed by atoms with Crippen LogP contribution in [0.15, 0.2) is 12.1 Å². The summed E-state index contributed by atoms with van der Waals surface area (Å²) >= 11 is 0. The first kappa shape index (κ1) is 15.5. The molecule has 1 fully saturated rings. The van der Waals surface area contributed by atoms with Crippen molar-refractivity contribution in [1.29, 1.82) is 0 Å². The second kappa shape index (κ2) is 6.28. The molecule has 1 atom stereocenters. The fraction of sp³-hybridized carbons (Fsp3) is 0.667. The topological polar surface area (TPSA) is 35.2 Å². The van der Waals surface area contributed by atoms with E-state index in [0.29, 0.717) is 0 Å². The van der Waals surface area contributed by atoms with Crippen molar-refractivity contribution in [1.82, 2.24) is 0 Å². The van der Waals surface area contributed by atoms with Crippen LogP contribution in [0.2, 0.25) is 0 Å². The number of nitrogens with two attached hydrogens (primary N) is 1. The van der Waals surface area contributed by atoms with Gasteiger partial charge < -0.3 is 10.5 Å². The van der Waals surface area contributed by atoms with Gasteiger partial charge in [0.15, 0.2) is 0 Å². The van der Waals surface area contributed by atoms with Gasteiger partial charge in [-0.3, -0.25) is 0 Å². The Hall–Kier alpha value is -0.860. The minimum atomic E-state index is -0.109. The molecule has 112 valence electrons. The molecule has 1 aromatic carbocycles. The molecule has 0 aromatic heterocycles. The number of hydrogen-bond donors (Lipinski definition) is 1. The molecule has 2 nitrogen and oxygen atoms in total. The molecule has 1 aliphatic carbocycles. The van der Waals surface area contributed by atoms with Crippen molar-refractivity contribution in [2.45, 2.75) is 70.9 Å². The quantitative estimate of drug-likeness (QED) is 0.906. The molecule has 1 aromatic rings. The van der Waals surface area contributed by atoms with Gasteiger partial charge >= 0.3 is 0 Å². The standard InChI is InChI=1S/C18H29NO/c1-13-10-14(2)16(15(3)11-13)12-17(19)18(20-4)8-6-5-7-9-18/h10-11,17H,5-9,12,19H2,1-4H3. The van der Waals surface area contributed by atoms with E-state index in [1.54, 1.807) is 0 Å². The van der Waals surface area contributed by atoms with E-state index in [1.807, 2.05) is 7.11 Å². The molecule has 1 aliphatic rings. The fourth-order valence-corrected chi connectivity index (χ4v) is 3.81. The van der Waals surface area contributed by atoms with E-state index in [0.717, 1.165) is 19.3 Å². The van der Waals surface area contributed by atoms with E-state index in [2.05, 4.69) is 32.9 Å². The van der Waals surface area contributed by atoms with Crippen LogP contribution in [0.4, 0.5) is 0 Å². The van der Waals surface area contributed by atoms with Crippen LogP contribution in [-0.4, -0.2) is 18.8 Å². The van der Waals surface area contributed by atoms with Gasteiger partial charge in [-0.25, -0.2) is 0 Å². The highest BCUT2D eigenvalue weighted by atomic mass is 16.5. The van der Waals surface area contributed by atoms with Crippen molar-refractivity contribution in [3.8, 4) is 0 Å². The summed E-state index contributed by atoms with van der Waals surface area (Å²) in [6.07, 6.45) is 6.94. The van der Waals surface area contributed by atoms with Crippen molar-refractivity contribution >= 4 is 0 Å². The van der Waals surface area contributed by atoms with E-state index in [-0.39, 0.29) is 11.6 Å². The molecule has 0 saturated heterocycles. The number of benzene rings is 1. The molecule has 0 heterocycles. The maximum absolute atomic E-state index is 6.58. The monoisotopic (exact) mass is 275 g/mol. The van der Waals surface area contributed by atoms with Gasteiger partial charge in [0, 0.05) is 13.2 Å². The van der Waals surface area contributed by atoms with Crippen molar-refractivity contribution in [2.75, 3.05) is 7.11 Å². The Morgan fingerprint density at radius 2 is 1.65 bits per heavy atom. The molecular weight excluding hydrogens is 246 g/mol. The second-order valence-corrected chi connectivity index (χ2v) is 6.52. The van der Waals surface area contributed by atoms with Crippen molar-refractivity contribution < 1.29 is 4.74 Å². The van der Waals surface area contributed by atoms with Gasteiger partial charge in [0.05, 0.1) is 5.60 Å². The molecule has 20 heavy (non-hydrogen) atoms. The molecule has 1 saturated carbocycles. The van der Waals surface area contributed by atoms with Crippen LogP contribution in [0.5, 0.6) is 0 Å². The summed E-state index contributed by atoms with van der Waals surface area (Å²) in [6, 6.07) is 4.61. The largest absolute Gasteiger partial charge is 0.377 e. The Balaban J connectivity index is 2.20. The van der Waals surface area contributed by atoms with Gasteiger partial charge in [-0.05, 0) is 56.7 Å². The summed E-state index contributed by atoms with van der Waals surface area (Å²) in [5.74, 6) is 0. The van der Waals surface area contributed by atoms with Crippen molar-refractivity contribution in [3.63, 3.8) is 0 Å². The number of aryl methyl sites for hydroxylation is 3. The number of methoxy groups -OCH3 is 1. The lowest BCUT2D eigenvalue weighted by molar-refractivity contribution is -0.0583. The summed E-state index contributed by atoms with van der Waals surface area (Å²) in [4.78, 5) is 0. The predicted molar refractivity (Wildman–Crippen MR) is 85.2 cm³/mol. The zero-order chi connectivity index (χ0) is 14.8. The molecule has 2 N–H and O–H groups in total. The van der Waals surface area contributed by atoms with Gasteiger partial charge in [-0.1, -0.05) is 37.0 Å². The third kappa shape index (κ3) is 3.07. The minimum Gasteiger partial charge on any atom is -0.377 e. The highest BCUT2D eigenvalue weighted by Crippen LogP contribution is 2.35. The highest BCUT2D eigenvalue weighted by Gasteiger charge is 2.38. The molecule has 1 unspecified atom stereocenters. The Bertz CT molecular complexity index is 437. The first-order valence-corrected chi connectivity index (χ1v) is 7.86. The van der Waals surface area contributed by atoms with E-state index in [1.165, 1.54) is 41.5 Å². The van der Waals surface area contributed by atoms with Gasteiger partial charge in [0.2, 0.25) is 0 Å². The van der Waals surface area contributed by atoms with Crippen molar-refractivity contribution in [2.24, 2.45) is 5.73 Å². The summed E-state index contributed by atoms with van der Waals surface area (Å²) in [5.41, 5.74) is 11.9. The average molecular weight is 275 g/mol. The summed E-state index contributed by atoms with van der Waals surface area (Å²) in [5, 5.41) is 0. The van der Waals surface area contributed by atoms with Crippen LogP contribution in [0, 0.1) is 20.8 Å². The van der Waals surface area contributed by atoms with Crippen LogP contribution >= 0.6 is 0 Å². The zero-order valence-corrected chi connectivity index (χ0v) is 13.5. The Morgan fingerprint density at radius 3 is 2.15 bits per heavy atom. The smallest absolute Gasteiger partial charge is 0.0832 e. The first-order valence-electron chi connectivity index (χ1n) is 7.86. The molecule has 0 bridgehead atoms. The maximum atomic E-state index is 6.58. The SMILES string of the molecule is COC1(C(N)Cc2c(C)cc(C)cc2C)CCCCC1. The van der Waals surface area contributed by atoms with E-state index < -0.39 is 0 Å². The lowest BCUT2D eigenvalue weighted by Crippen LogP contribution is -2.52. The highest BCUT2D eigenvalue weighted by molar-refractivity contribution is 5.38. The van der Waals surface area contributed by atoms with E-state index in [4.69, 9.17) is 10.5 Å². The predicted octanol–water partition coefficient (Wildman–Crippen LogP) is 3.83. The molecule has 0 amide bonds. The number of ether oxygens (including phenoxy) is 1. The molecule has 2 heteroatoms. The van der Waals surface area contributed by atoms with Gasteiger partial charge in [0.1, 0.15) is 0 Å². The van der Waals surface area contributed by atoms with Gasteiger partial charge in [-0.2, -0.15) is 0 Å². The normalized spacial score (nSPS) is 19.9. The van der Waals surface area contributed by atoms with E-state index >= 15 is 0 Å². The van der Waals surface area contributed by atoms with E-state index in [9.17, 15) is 0 Å².